The lowest BCUT2D eigenvalue weighted by Crippen LogP contribution is -2.36. The van der Waals surface area contributed by atoms with Crippen LogP contribution in [0.4, 0.5) is 13.2 Å². The van der Waals surface area contributed by atoms with Gasteiger partial charge in [0.15, 0.2) is 0 Å². The Bertz CT molecular complexity index is 807. The molecule has 1 fully saturated rings. The maximum absolute atomic E-state index is 12.7. The summed E-state index contributed by atoms with van der Waals surface area (Å²) in [7, 11) is 0. The zero-order valence-electron chi connectivity index (χ0n) is 15.0. The molecule has 2 aromatic heterocycles. The van der Waals surface area contributed by atoms with Crippen LogP contribution in [0.1, 0.15) is 41.5 Å². The Morgan fingerprint density at radius 3 is 2.67 bits per heavy atom. The number of amides is 1. The molecular formula is C19H21F3N4O. The highest BCUT2D eigenvalue weighted by molar-refractivity contribution is 5.80. The van der Waals surface area contributed by atoms with E-state index in [-0.39, 0.29) is 23.8 Å². The lowest BCUT2D eigenvalue weighted by Gasteiger charge is -2.21. The molecule has 144 valence electrons. The molecule has 3 unspecified atom stereocenters. The summed E-state index contributed by atoms with van der Waals surface area (Å²) in [6.45, 7) is 4.72. The summed E-state index contributed by atoms with van der Waals surface area (Å²) >= 11 is 0. The number of rotatable bonds is 4. The molecule has 2 aromatic rings. The summed E-state index contributed by atoms with van der Waals surface area (Å²) in [6.07, 6.45) is -3.26. The third-order valence-electron chi connectivity index (χ3n) is 4.77. The van der Waals surface area contributed by atoms with Crippen molar-refractivity contribution >= 4 is 5.91 Å². The normalized spacial score (nSPS) is 21.1. The van der Waals surface area contributed by atoms with Gasteiger partial charge in [-0.15, -0.1) is 0 Å². The van der Waals surface area contributed by atoms with E-state index in [1.807, 2.05) is 32.0 Å². The van der Waals surface area contributed by atoms with Gasteiger partial charge in [0, 0.05) is 30.9 Å². The van der Waals surface area contributed by atoms with Crippen LogP contribution in [0.5, 0.6) is 0 Å². The fourth-order valence-electron chi connectivity index (χ4n) is 3.30. The average molecular weight is 378 g/mol. The molecule has 3 rings (SSSR count). The SMILES string of the molecule is Cc1cccc(C(C)NC(=O)C2CNCC2c2ccc(C(F)(F)F)nc2)n1. The fourth-order valence-corrected chi connectivity index (χ4v) is 3.30. The lowest BCUT2D eigenvalue weighted by atomic mass is 9.89. The molecule has 2 N–H and O–H groups in total. The predicted molar refractivity (Wildman–Crippen MR) is 93.9 cm³/mol. The molecule has 0 spiro atoms. The first-order valence-corrected chi connectivity index (χ1v) is 8.73. The quantitative estimate of drug-likeness (QED) is 0.858. The van der Waals surface area contributed by atoms with Crippen LogP contribution in [-0.4, -0.2) is 29.0 Å². The van der Waals surface area contributed by atoms with Crippen LogP contribution < -0.4 is 10.6 Å². The topological polar surface area (TPSA) is 66.9 Å². The van der Waals surface area contributed by atoms with E-state index < -0.39 is 11.9 Å². The molecular weight excluding hydrogens is 357 g/mol. The second-order valence-corrected chi connectivity index (χ2v) is 6.78. The van der Waals surface area contributed by atoms with Gasteiger partial charge in [-0.05, 0) is 37.6 Å². The van der Waals surface area contributed by atoms with Gasteiger partial charge < -0.3 is 10.6 Å². The Morgan fingerprint density at radius 2 is 2.04 bits per heavy atom. The van der Waals surface area contributed by atoms with Gasteiger partial charge in [0.1, 0.15) is 5.69 Å². The first-order valence-electron chi connectivity index (χ1n) is 8.73. The largest absolute Gasteiger partial charge is 0.433 e. The zero-order valence-corrected chi connectivity index (χ0v) is 15.0. The maximum Gasteiger partial charge on any atom is 0.433 e. The summed E-state index contributed by atoms with van der Waals surface area (Å²) in [5, 5.41) is 6.10. The zero-order chi connectivity index (χ0) is 19.6. The van der Waals surface area contributed by atoms with Gasteiger partial charge in [0.25, 0.3) is 0 Å². The summed E-state index contributed by atoms with van der Waals surface area (Å²) in [4.78, 5) is 20.7. The third-order valence-corrected chi connectivity index (χ3v) is 4.77. The van der Waals surface area contributed by atoms with Gasteiger partial charge in [-0.1, -0.05) is 12.1 Å². The van der Waals surface area contributed by atoms with Crippen molar-refractivity contribution in [3.05, 3.63) is 59.2 Å². The molecule has 0 bridgehead atoms. The van der Waals surface area contributed by atoms with E-state index in [1.165, 1.54) is 12.3 Å². The summed E-state index contributed by atoms with van der Waals surface area (Å²) in [6, 6.07) is 7.72. The molecule has 0 aromatic carbocycles. The van der Waals surface area contributed by atoms with Crippen molar-refractivity contribution < 1.29 is 18.0 Å². The first-order chi connectivity index (χ1) is 12.8. The summed E-state index contributed by atoms with van der Waals surface area (Å²) in [5.74, 6) is -0.756. The number of carbonyl (C=O) groups excluding carboxylic acids is 1. The van der Waals surface area contributed by atoms with Gasteiger partial charge in [-0.3, -0.25) is 14.8 Å². The van der Waals surface area contributed by atoms with Gasteiger partial charge in [0.05, 0.1) is 17.7 Å². The molecule has 27 heavy (non-hydrogen) atoms. The number of nitrogens with zero attached hydrogens (tertiary/aromatic N) is 2. The van der Waals surface area contributed by atoms with Crippen molar-refractivity contribution in [1.29, 1.82) is 0 Å². The number of alkyl halides is 3. The molecule has 1 saturated heterocycles. The van der Waals surface area contributed by atoms with Crippen LogP contribution in [0, 0.1) is 12.8 Å². The van der Waals surface area contributed by atoms with Gasteiger partial charge in [-0.2, -0.15) is 13.2 Å². The Balaban J connectivity index is 1.71. The Labute approximate surface area is 155 Å². The summed E-state index contributed by atoms with van der Waals surface area (Å²) < 4.78 is 38.1. The number of carbonyl (C=O) groups is 1. The van der Waals surface area contributed by atoms with Crippen molar-refractivity contribution in [1.82, 2.24) is 20.6 Å². The van der Waals surface area contributed by atoms with E-state index in [4.69, 9.17) is 0 Å². The van der Waals surface area contributed by atoms with E-state index in [0.717, 1.165) is 17.5 Å². The molecule has 8 heteroatoms. The average Bonchev–Trinajstić information content (AvgIpc) is 3.11. The molecule has 3 atom stereocenters. The second-order valence-electron chi connectivity index (χ2n) is 6.78. The minimum absolute atomic E-state index is 0.152. The highest BCUT2D eigenvalue weighted by atomic mass is 19.4. The van der Waals surface area contributed by atoms with Crippen LogP contribution in [0.3, 0.4) is 0 Å². The highest BCUT2D eigenvalue weighted by Gasteiger charge is 2.36. The van der Waals surface area contributed by atoms with E-state index in [0.29, 0.717) is 18.7 Å². The molecule has 1 aliphatic heterocycles. The van der Waals surface area contributed by atoms with Crippen LogP contribution in [0.25, 0.3) is 0 Å². The minimum atomic E-state index is -4.47. The molecule has 5 nitrogen and oxygen atoms in total. The van der Waals surface area contributed by atoms with E-state index in [1.54, 1.807) is 0 Å². The van der Waals surface area contributed by atoms with Crippen molar-refractivity contribution in [2.45, 2.75) is 32.0 Å². The van der Waals surface area contributed by atoms with E-state index in [2.05, 4.69) is 20.6 Å². The van der Waals surface area contributed by atoms with Crippen LogP contribution in [0.2, 0.25) is 0 Å². The molecule has 0 aliphatic carbocycles. The number of nitrogens with one attached hydrogen (secondary N) is 2. The van der Waals surface area contributed by atoms with E-state index in [9.17, 15) is 18.0 Å². The molecule has 0 saturated carbocycles. The number of halogens is 3. The second kappa shape index (κ2) is 7.64. The number of aromatic nitrogens is 2. The monoisotopic (exact) mass is 378 g/mol. The van der Waals surface area contributed by atoms with Crippen molar-refractivity contribution in [3.8, 4) is 0 Å². The first kappa shape index (κ1) is 19.3. The van der Waals surface area contributed by atoms with Crippen molar-refractivity contribution in [3.63, 3.8) is 0 Å². The Hall–Kier alpha value is -2.48. The molecule has 0 radical (unpaired) electrons. The molecule has 1 amide bonds. The number of pyridine rings is 2. The van der Waals surface area contributed by atoms with Crippen molar-refractivity contribution in [2.24, 2.45) is 5.92 Å². The predicted octanol–water partition coefficient (Wildman–Crippen LogP) is 2.98. The van der Waals surface area contributed by atoms with Gasteiger partial charge in [0.2, 0.25) is 5.91 Å². The number of hydrogen-bond acceptors (Lipinski definition) is 4. The van der Waals surface area contributed by atoms with Crippen LogP contribution in [-0.2, 0) is 11.0 Å². The number of aryl methyl sites for hydroxylation is 1. The summed E-state index contributed by atoms with van der Waals surface area (Å²) in [5.41, 5.74) is 1.32. The van der Waals surface area contributed by atoms with Crippen molar-refractivity contribution in [2.75, 3.05) is 13.1 Å². The van der Waals surface area contributed by atoms with Gasteiger partial charge in [-0.25, -0.2) is 0 Å². The lowest BCUT2D eigenvalue weighted by molar-refractivity contribution is -0.141. The Kier molecular flexibility index (Phi) is 5.46. The number of hydrogen-bond donors (Lipinski definition) is 2. The molecule has 3 heterocycles. The van der Waals surface area contributed by atoms with E-state index >= 15 is 0 Å². The van der Waals surface area contributed by atoms with Gasteiger partial charge >= 0.3 is 6.18 Å². The third kappa shape index (κ3) is 4.44. The van der Waals surface area contributed by atoms with Crippen LogP contribution >= 0.6 is 0 Å². The Morgan fingerprint density at radius 1 is 1.26 bits per heavy atom. The maximum atomic E-state index is 12.7. The fraction of sp³-hybridized carbons (Fsp3) is 0.421. The highest BCUT2D eigenvalue weighted by Crippen LogP contribution is 2.31. The van der Waals surface area contributed by atoms with Crippen LogP contribution in [0.15, 0.2) is 36.5 Å². The standard InChI is InChI=1S/C19H21F3N4O/c1-11-4-3-5-16(25-11)12(2)26-18(27)15-10-23-9-14(15)13-6-7-17(24-8-13)19(20,21)22/h3-8,12,14-15,23H,9-10H2,1-2H3,(H,26,27). The smallest absolute Gasteiger partial charge is 0.348 e. The molecule has 1 aliphatic rings. The minimum Gasteiger partial charge on any atom is -0.348 e.